The van der Waals surface area contributed by atoms with Gasteiger partial charge < -0.3 is 10.5 Å². The molecule has 15 heavy (non-hydrogen) atoms. The summed E-state index contributed by atoms with van der Waals surface area (Å²) >= 11 is 11.7. The Morgan fingerprint density at radius 2 is 2.13 bits per heavy atom. The summed E-state index contributed by atoms with van der Waals surface area (Å²) in [5.41, 5.74) is 6.05. The molecule has 0 radical (unpaired) electrons. The molecule has 0 saturated carbocycles. The summed E-state index contributed by atoms with van der Waals surface area (Å²) in [7, 11) is 0. The van der Waals surface area contributed by atoms with Crippen molar-refractivity contribution in [3.63, 3.8) is 0 Å². The molecule has 2 N–H and O–H groups in total. The van der Waals surface area contributed by atoms with Crippen molar-refractivity contribution in [3.8, 4) is 5.75 Å². The summed E-state index contributed by atoms with van der Waals surface area (Å²) in [6.07, 6.45) is 0.488. The summed E-state index contributed by atoms with van der Waals surface area (Å²) in [5, 5.41) is 0.754. The van der Waals surface area contributed by atoms with E-state index in [4.69, 9.17) is 33.7 Å². The van der Waals surface area contributed by atoms with Gasteiger partial charge in [0, 0.05) is 11.4 Å². The lowest BCUT2D eigenvalue weighted by Crippen LogP contribution is -2.30. The van der Waals surface area contributed by atoms with E-state index in [1.807, 2.05) is 0 Å². The van der Waals surface area contributed by atoms with Gasteiger partial charge >= 0.3 is 0 Å². The van der Waals surface area contributed by atoms with Gasteiger partial charge in [-0.15, -0.1) is 0 Å². The van der Waals surface area contributed by atoms with Crippen LogP contribution in [-0.4, -0.2) is 18.4 Å². The maximum absolute atomic E-state index is 11.8. The van der Waals surface area contributed by atoms with E-state index < -0.39 is 6.04 Å². The Hall–Kier alpha value is -0.770. The fourth-order valence-electron chi connectivity index (χ4n) is 1.51. The number of Topliss-reactive ketones (excluding diaryl/α,β-unsaturated/α-hetero) is 1. The van der Waals surface area contributed by atoms with Gasteiger partial charge in [-0.1, -0.05) is 23.2 Å². The molecule has 1 atom stereocenters. The summed E-state index contributed by atoms with van der Waals surface area (Å²) in [6.45, 7) is 0.390. The van der Waals surface area contributed by atoms with Gasteiger partial charge in [0.25, 0.3) is 0 Å². The molecule has 1 aromatic carbocycles. The molecule has 1 heterocycles. The maximum atomic E-state index is 11.8. The van der Waals surface area contributed by atoms with Crippen molar-refractivity contribution in [2.75, 3.05) is 6.61 Å². The molecule has 3 nitrogen and oxygen atoms in total. The molecule has 1 aliphatic heterocycles. The third-order valence-corrected chi connectivity index (χ3v) is 2.78. The molecule has 0 aromatic heterocycles. The maximum Gasteiger partial charge on any atom is 0.183 e. The Kier molecular flexibility index (Phi) is 2.87. The number of halogens is 2. The van der Waals surface area contributed by atoms with Gasteiger partial charge in [0.05, 0.1) is 23.2 Å². The molecule has 2 rings (SSSR count). The lowest BCUT2D eigenvalue weighted by atomic mass is 10.0. The predicted octanol–water partition coefficient (Wildman–Crippen LogP) is 2.29. The molecule has 80 valence electrons. The minimum Gasteiger partial charge on any atom is -0.491 e. The topological polar surface area (TPSA) is 52.3 Å². The normalized spacial score (nSPS) is 20.5. The fraction of sp³-hybridized carbons (Fsp3) is 0.300. The number of carbonyl (C=O) groups is 1. The van der Waals surface area contributed by atoms with E-state index in [-0.39, 0.29) is 5.78 Å². The Balaban J connectivity index is 2.58. The number of ether oxygens (including phenoxy) is 1. The zero-order chi connectivity index (χ0) is 11.0. The minimum atomic E-state index is -0.541. The monoisotopic (exact) mass is 245 g/mol. The van der Waals surface area contributed by atoms with Crippen LogP contribution in [0.3, 0.4) is 0 Å². The molecule has 0 bridgehead atoms. The lowest BCUT2D eigenvalue weighted by molar-refractivity contribution is 0.0960. The zero-order valence-electron chi connectivity index (χ0n) is 7.80. The van der Waals surface area contributed by atoms with E-state index in [2.05, 4.69) is 0 Å². The Labute approximate surface area is 97.1 Å². The molecular weight excluding hydrogens is 237 g/mol. The number of fused-ring (bicyclic) bond motifs is 1. The Morgan fingerprint density at radius 3 is 2.87 bits per heavy atom. The largest absolute Gasteiger partial charge is 0.491 e. The first-order valence-corrected chi connectivity index (χ1v) is 5.27. The zero-order valence-corrected chi connectivity index (χ0v) is 9.31. The molecular formula is C10H9Cl2NO2. The first-order valence-electron chi connectivity index (χ1n) is 4.51. The average Bonchev–Trinajstić information content (AvgIpc) is 2.30. The van der Waals surface area contributed by atoms with Gasteiger partial charge in [0.2, 0.25) is 0 Å². The predicted molar refractivity (Wildman–Crippen MR) is 58.9 cm³/mol. The fourth-order valence-corrected chi connectivity index (χ4v) is 2.06. The van der Waals surface area contributed by atoms with Gasteiger partial charge in [-0.25, -0.2) is 0 Å². The third-order valence-electron chi connectivity index (χ3n) is 2.29. The van der Waals surface area contributed by atoms with Crippen LogP contribution in [0.15, 0.2) is 12.1 Å². The van der Waals surface area contributed by atoms with Crippen molar-refractivity contribution in [2.24, 2.45) is 5.73 Å². The molecule has 0 saturated heterocycles. The summed E-state index contributed by atoms with van der Waals surface area (Å²) < 4.78 is 5.38. The standard InChI is InChI=1S/C10H9Cl2NO2/c11-5-3-6-9(14)8(13)1-2-15-10(6)7(12)4-5/h3-4,8H,1-2,13H2. The summed E-state index contributed by atoms with van der Waals surface area (Å²) in [4.78, 5) is 11.8. The van der Waals surface area contributed by atoms with Crippen molar-refractivity contribution in [1.82, 2.24) is 0 Å². The van der Waals surface area contributed by atoms with E-state index in [0.29, 0.717) is 34.4 Å². The van der Waals surface area contributed by atoms with Crippen LogP contribution in [0.5, 0.6) is 5.75 Å². The second-order valence-corrected chi connectivity index (χ2v) is 4.22. The summed E-state index contributed by atoms with van der Waals surface area (Å²) in [5.74, 6) is 0.214. The van der Waals surface area contributed by atoms with Crippen molar-refractivity contribution >= 4 is 29.0 Å². The molecule has 1 aliphatic rings. The van der Waals surface area contributed by atoms with Crippen molar-refractivity contribution in [3.05, 3.63) is 27.7 Å². The highest BCUT2D eigenvalue weighted by Gasteiger charge is 2.25. The second-order valence-electron chi connectivity index (χ2n) is 3.37. The number of nitrogens with two attached hydrogens (primary N) is 1. The Bertz CT molecular complexity index is 420. The number of ketones is 1. The van der Waals surface area contributed by atoms with Gasteiger partial charge in [0.15, 0.2) is 5.78 Å². The van der Waals surface area contributed by atoms with E-state index >= 15 is 0 Å². The highest BCUT2D eigenvalue weighted by molar-refractivity contribution is 6.36. The van der Waals surface area contributed by atoms with Crippen LogP contribution in [0.1, 0.15) is 16.8 Å². The molecule has 0 spiro atoms. The van der Waals surface area contributed by atoms with E-state index in [1.165, 1.54) is 6.07 Å². The number of hydrogen-bond acceptors (Lipinski definition) is 3. The van der Waals surface area contributed by atoms with Crippen LogP contribution in [0.4, 0.5) is 0 Å². The molecule has 0 fully saturated rings. The highest BCUT2D eigenvalue weighted by atomic mass is 35.5. The van der Waals surface area contributed by atoms with Crippen LogP contribution in [0, 0.1) is 0 Å². The number of benzene rings is 1. The lowest BCUT2D eigenvalue weighted by Gasteiger charge is -2.08. The van der Waals surface area contributed by atoms with Gasteiger partial charge in [-0.05, 0) is 12.1 Å². The summed E-state index contributed by atoms with van der Waals surface area (Å²) in [6, 6.07) is 2.54. The first-order chi connectivity index (χ1) is 7.09. The van der Waals surface area contributed by atoms with Gasteiger partial charge in [-0.3, -0.25) is 4.79 Å². The Morgan fingerprint density at radius 1 is 1.40 bits per heavy atom. The molecule has 0 amide bonds. The van der Waals surface area contributed by atoms with Gasteiger partial charge in [-0.2, -0.15) is 0 Å². The first kappa shape index (κ1) is 10.7. The van der Waals surface area contributed by atoms with Crippen LogP contribution in [0.25, 0.3) is 0 Å². The quantitative estimate of drug-likeness (QED) is 0.764. The van der Waals surface area contributed by atoms with Crippen LogP contribution < -0.4 is 10.5 Å². The van der Waals surface area contributed by atoms with Crippen LogP contribution >= 0.6 is 23.2 Å². The van der Waals surface area contributed by atoms with Crippen LogP contribution in [0.2, 0.25) is 10.0 Å². The smallest absolute Gasteiger partial charge is 0.183 e. The highest BCUT2D eigenvalue weighted by Crippen LogP contribution is 2.34. The average molecular weight is 246 g/mol. The number of hydrogen-bond donors (Lipinski definition) is 1. The van der Waals surface area contributed by atoms with Crippen molar-refractivity contribution in [1.29, 1.82) is 0 Å². The molecule has 1 unspecified atom stereocenters. The van der Waals surface area contributed by atoms with E-state index in [1.54, 1.807) is 6.07 Å². The molecule has 1 aromatic rings. The van der Waals surface area contributed by atoms with Crippen LogP contribution in [-0.2, 0) is 0 Å². The van der Waals surface area contributed by atoms with Gasteiger partial charge in [0.1, 0.15) is 5.75 Å². The van der Waals surface area contributed by atoms with E-state index in [0.717, 1.165) is 0 Å². The number of carbonyl (C=O) groups excluding carboxylic acids is 1. The van der Waals surface area contributed by atoms with Crippen molar-refractivity contribution < 1.29 is 9.53 Å². The van der Waals surface area contributed by atoms with E-state index in [9.17, 15) is 4.79 Å². The minimum absolute atomic E-state index is 0.174. The molecule has 0 aliphatic carbocycles. The van der Waals surface area contributed by atoms with Crippen molar-refractivity contribution in [2.45, 2.75) is 12.5 Å². The second kappa shape index (κ2) is 4.00. The SMILES string of the molecule is NC1CCOc2c(Cl)cc(Cl)cc2C1=O. The third kappa shape index (κ3) is 1.95. The number of rotatable bonds is 0. The molecule has 5 heteroatoms.